The van der Waals surface area contributed by atoms with Crippen LogP contribution in [0.25, 0.3) is 16.6 Å². The summed E-state index contributed by atoms with van der Waals surface area (Å²) in [6, 6.07) is 4.64. The Morgan fingerprint density at radius 2 is 1.79 bits per heavy atom. The van der Waals surface area contributed by atoms with Gasteiger partial charge in [0, 0.05) is 50.4 Å². The van der Waals surface area contributed by atoms with Gasteiger partial charge in [0.1, 0.15) is 23.8 Å². The second kappa shape index (κ2) is 7.23. The van der Waals surface area contributed by atoms with Crippen molar-refractivity contribution in [3.8, 4) is 0 Å². The fourth-order valence-electron chi connectivity index (χ4n) is 3.93. The molecular weight excluding hydrogens is 371 g/mol. The van der Waals surface area contributed by atoms with Crippen LogP contribution in [-0.2, 0) is 6.42 Å². The van der Waals surface area contributed by atoms with Crippen LogP contribution in [0, 0.1) is 5.82 Å². The summed E-state index contributed by atoms with van der Waals surface area (Å²) in [4.78, 5) is 17.8. The molecule has 1 aromatic carbocycles. The maximum absolute atomic E-state index is 13.8. The number of aryl methyl sites for hydroxylation is 1. The van der Waals surface area contributed by atoms with Crippen molar-refractivity contribution in [2.24, 2.45) is 0 Å². The van der Waals surface area contributed by atoms with Gasteiger partial charge in [-0.1, -0.05) is 6.92 Å². The molecule has 29 heavy (non-hydrogen) atoms. The van der Waals surface area contributed by atoms with Crippen LogP contribution >= 0.6 is 0 Å². The fraction of sp³-hybridized carbons (Fsp3) is 0.350. The van der Waals surface area contributed by atoms with Gasteiger partial charge in [0.25, 0.3) is 0 Å². The van der Waals surface area contributed by atoms with E-state index in [9.17, 15) is 4.39 Å². The van der Waals surface area contributed by atoms with Gasteiger partial charge in [0.2, 0.25) is 5.65 Å². The average molecular weight is 392 g/mol. The van der Waals surface area contributed by atoms with E-state index in [4.69, 9.17) is 0 Å². The molecule has 4 aromatic rings. The molecule has 0 N–H and O–H groups in total. The molecule has 1 aliphatic heterocycles. The number of rotatable bonds is 3. The number of hydrogen-bond acceptors (Lipinski definition) is 7. The molecule has 1 fully saturated rings. The second-order valence-electron chi connectivity index (χ2n) is 7.10. The molecule has 9 heteroatoms. The zero-order valence-electron chi connectivity index (χ0n) is 16.2. The zero-order valence-corrected chi connectivity index (χ0v) is 16.2. The van der Waals surface area contributed by atoms with Crippen molar-refractivity contribution in [3.05, 3.63) is 48.6 Å². The number of hydrogen-bond donors (Lipinski definition) is 0. The third-order valence-corrected chi connectivity index (χ3v) is 5.37. The molecule has 0 aliphatic carbocycles. The molecule has 0 bridgehead atoms. The Labute approximate surface area is 167 Å². The van der Waals surface area contributed by atoms with Crippen molar-refractivity contribution >= 4 is 28.2 Å². The molecule has 0 atom stereocenters. The number of nitrogens with zero attached hydrogens (tertiary/aromatic N) is 8. The standard InChI is InChI=1S/C20H21FN8/c1-2-17-25-26-20-19(22-6-9-29(17)20)28-8-3-7-27(10-11-28)18-15-12-14(21)4-5-16(15)23-13-24-18/h4-6,9,12-13H,2-3,7-8,10-11H2,1H3. The van der Waals surface area contributed by atoms with E-state index >= 15 is 0 Å². The molecule has 1 aliphatic rings. The molecule has 4 heterocycles. The van der Waals surface area contributed by atoms with Crippen LogP contribution in [0.5, 0.6) is 0 Å². The first-order valence-electron chi connectivity index (χ1n) is 9.83. The van der Waals surface area contributed by atoms with Crippen LogP contribution in [0.4, 0.5) is 16.0 Å². The lowest BCUT2D eigenvalue weighted by atomic mass is 10.2. The Hall–Kier alpha value is -3.36. The molecule has 0 saturated carbocycles. The largest absolute Gasteiger partial charge is 0.354 e. The van der Waals surface area contributed by atoms with E-state index in [-0.39, 0.29) is 5.82 Å². The van der Waals surface area contributed by atoms with Crippen LogP contribution in [0.3, 0.4) is 0 Å². The third kappa shape index (κ3) is 3.12. The Morgan fingerprint density at radius 1 is 0.966 bits per heavy atom. The van der Waals surface area contributed by atoms with Gasteiger partial charge in [-0.2, -0.15) is 0 Å². The first-order valence-corrected chi connectivity index (χ1v) is 9.83. The Bertz CT molecular complexity index is 1170. The van der Waals surface area contributed by atoms with E-state index in [2.05, 4.69) is 41.9 Å². The summed E-state index contributed by atoms with van der Waals surface area (Å²) in [7, 11) is 0. The van der Waals surface area contributed by atoms with Crippen LogP contribution in [-0.4, -0.2) is 55.7 Å². The van der Waals surface area contributed by atoms with Crippen LogP contribution < -0.4 is 9.80 Å². The number of aromatic nitrogens is 6. The molecule has 148 valence electrons. The van der Waals surface area contributed by atoms with Gasteiger partial charge in [-0.05, 0) is 24.6 Å². The van der Waals surface area contributed by atoms with E-state index in [1.807, 2.05) is 10.6 Å². The van der Waals surface area contributed by atoms with Crippen LogP contribution in [0.15, 0.2) is 36.9 Å². The monoisotopic (exact) mass is 392 g/mol. The highest BCUT2D eigenvalue weighted by atomic mass is 19.1. The highest BCUT2D eigenvalue weighted by molar-refractivity contribution is 5.89. The van der Waals surface area contributed by atoms with Crippen molar-refractivity contribution in [2.45, 2.75) is 19.8 Å². The van der Waals surface area contributed by atoms with Gasteiger partial charge in [-0.3, -0.25) is 4.40 Å². The minimum atomic E-state index is -0.278. The minimum Gasteiger partial charge on any atom is -0.354 e. The van der Waals surface area contributed by atoms with E-state index < -0.39 is 0 Å². The van der Waals surface area contributed by atoms with Crippen molar-refractivity contribution < 1.29 is 4.39 Å². The Balaban J connectivity index is 1.45. The summed E-state index contributed by atoms with van der Waals surface area (Å²) in [5.41, 5.74) is 1.53. The maximum Gasteiger partial charge on any atom is 0.203 e. The van der Waals surface area contributed by atoms with Crippen molar-refractivity contribution in [2.75, 3.05) is 36.0 Å². The van der Waals surface area contributed by atoms with Gasteiger partial charge in [0.15, 0.2) is 5.82 Å². The second-order valence-corrected chi connectivity index (χ2v) is 7.10. The highest BCUT2D eigenvalue weighted by Crippen LogP contribution is 2.26. The topological polar surface area (TPSA) is 75.3 Å². The third-order valence-electron chi connectivity index (χ3n) is 5.37. The lowest BCUT2D eigenvalue weighted by Gasteiger charge is -2.24. The number of benzene rings is 1. The molecule has 0 unspecified atom stereocenters. The predicted octanol–water partition coefficient (Wildman–Crippen LogP) is 2.49. The number of halogens is 1. The van der Waals surface area contributed by atoms with E-state index in [1.54, 1.807) is 18.6 Å². The quantitative estimate of drug-likeness (QED) is 0.530. The van der Waals surface area contributed by atoms with Gasteiger partial charge in [-0.25, -0.2) is 19.3 Å². The Morgan fingerprint density at radius 3 is 2.62 bits per heavy atom. The van der Waals surface area contributed by atoms with Crippen LogP contribution in [0.2, 0.25) is 0 Å². The van der Waals surface area contributed by atoms with Crippen molar-refractivity contribution in [3.63, 3.8) is 0 Å². The average Bonchev–Trinajstić information content (AvgIpc) is 3.02. The zero-order chi connectivity index (χ0) is 19.8. The van der Waals surface area contributed by atoms with Gasteiger partial charge in [-0.15, -0.1) is 10.2 Å². The molecule has 0 spiro atoms. The van der Waals surface area contributed by atoms with E-state index in [0.717, 1.165) is 73.0 Å². The highest BCUT2D eigenvalue weighted by Gasteiger charge is 2.22. The molecule has 0 radical (unpaired) electrons. The lowest BCUT2D eigenvalue weighted by Crippen LogP contribution is -2.32. The summed E-state index contributed by atoms with van der Waals surface area (Å²) in [6.07, 6.45) is 6.99. The summed E-state index contributed by atoms with van der Waals surface area (Å²) >= 11 is 0. The fourth-order valence-corrected chi connectivity index (χ4v) is 3.93. The SMILES string of the molecule is CCc1nnc2c(N3CCCN(c4ncnc5ccc(F)cc45)CC3)nccn12. The van der Waals surface area contributed by atoms with Gasteiger partial charge >= 0.3 is 0 Å². The number of anilines is 2. The smallest absolute Gasteiger partial charge is 0.203 e. The van der Waals surface area contributed by atoms with Gasteiger partial charge < -0.3 is 9.80 Å². The summed E-state index contributed by atoms with van der Waals surface area (Å²) in [6.45, 7) is 5.27. The molecule has 0 amide bonds. The summed E-state index contributed by atoms with van der Waals surface area (Å²) in [5, 5.41) is 9.38. The minimum absolute atomic E-state index is 0.278. The molecule has 5 rings (SSSR count). The lowest BCUT2D eigenvalue weighted by molar-refractivity contribution is 0.629. The van der Waals surface area contributed by atoms with E-state index in [1.165, 1.54) is 12.1 Å². The Kier molecular flexibility index (Phi) is 4.42. The molecular formula is C20H21FN8. The normalized spacial score (nSPS) is 15.2. The van der Waals surface area contributed by atoms with Crippen molar-refractivity contribution in [1.29, 1.82) is 0 Å². The first-order chi connectivity index (χ1) is 14.2. The summed E-state index contributed by atoms with van der Waals surface area (Å²) < 4.78 is 15.8. The predicted molar refractivity (Wildman–Crippen MR) is 109 cm³/mol. The number of fused-ring (bicyclic) bond motifs is 2. The van der Waals surface area contributed by atoms with Gasteiger partial charge in [0.05, 0.1) is 5.52 Å². The molecule has 1 saturated heterocycles. The molecule has 3 aromatic heterocycles. The maximum atomic E-state index is 13.8. The van der Waals surface area contributed by atoms with Crippen LogP contribution in [0.1, 0.15) is 19.2 Å². The molecule has 8 nitrogen and oxygen atoms in total. The summed E-state index contributed by atoms with van der Waals surface area (Å²) in [5.74, 6) is 2.27. The van der Waals surface area contributed by atoms with Crippen molar-refractivity contribution in [1.82, 2.24) is 29.5 Å². The first kappa shape index (κ1) is 17.7. The van der Waals surface area contributed by atoms with E-state index in [0.29, 0.717) is 0 Å².